The van der Waals surface area contributed by atoms with E-state index < -0.39 is 6.10 Å². The molecule has 0 aromatic carbocycles. The van der Waals surface area contributed by atoms with Crippen LogP contribution in [0.3, 0.4) is 0 Å². The van der Waals surface area contributed by atoms with Crippen molar-refractivity contribution in [3.05, 3.63) is 24.8 Å². The van der Waals surface area contributed by atoms with Crippen molar-refractivity contribution < 1.29 is 5.11 Å². The summed E-state index contributed by atoms with van der Waals surface area (Å²) in [5.41, 5.74) is 0.554. The van der Waals surface area contributed by atoms with Crippen LogP contribution in [-0.4, -0.2) is 11.2 Å². The molecule has 0 aliphatic carbocycles. The largest absolute Gasteiger partial charge is 0.376 e. The van der Waals surface area contributed by atoms with Gasteiger partial charge in [-0.15, -0.1) is 0 Å². The standard InChI is InChI=1S/C10H14O/c1-5-9(4)10(11)7-6-8(2)3/h5,8,10-11H,1,4H2,2-3H3. The lowest BCUT2D eigenvalue weighted by molar-refractivity contribution is 0.272. The molecule has 0 amide bonds. The molecule has 1 atom stereocenters. The number of rotatable bonds is 2. The fourth-order valence-electron chi connectivity index (χ4n) is 0.450. The molecule has 0 aliphatic heterocycles. The Balaban J connectivity index is 4.09. The molecule has 1 nitrogen and oxygen atoms in total. The van der Waals surface area contributed by atoms with Crippen LogP contribution < -0.4 is 0 Å². The first kappa shape index (κ1) is 10.0. The maximum absolute atomic E-state index is 9.22. The normalized spacial score (nSPS) is 11.6. The Labute approximate surface area is 68.4 Å². The average molecular weight is 150 g/mol. The minimum absolute atomic E-state index is 0.280. The Morgan fingerprint density at radius 3 is 2.36 bits per heavy atom. The van der Waals surface area contributed by atoms with E-state index in [0.29, 0.717) is 5.57 Å². The highest BCUT2D eigenvalue weighted by molar-refractivity contribution is 5.26. The van der Waals surface area contributed by atoms with Crippen molar-refractivity contribution in [2.75, 3.05) is 0 Å². The minimum atomic E-state index is -0.755. The molecular formula is C10H14O. The van der Waals surface area contributed by atoms with Crippen molar-refractivity contribution in [2.24, 2.45) is 5.92 Å². The van der Waals surface area contributed by atoms with Crippen LogP contribution in [0.5, 0.6) is 0 Å². The number of aliphatic hydroxyl groups excluding tert-OH is 1. The molecule has 0 fully saturated rings. The van der Waals surface area contributed by atoms with E-state index in [1.165, 1.54) is 6.08 Å². The molecule has 0 bridgehead atoms. The molecule has 0 spiro atoms. The van der Waals surface area contributed by atoms with E-state index in [-0.39, 0.29) is 5.92 Å². The van der Waals surface area contributed by atoms with Crippen LogP contribution in [0, 0.1) is 17.8 Å². The van der Waals surface area contributed by atoms with Gasteiger partial charge in [-0.05, 0) is 5.57 Å². The smallest absolute Gasteiger partial charge is 0.139 e. The third-order valence-corrected chi connectivity index (χ3v) is 1.12. The third-order valence-electron chi connectivity index (χ3n) is 1.12. The van der Waals surface area contributed by atoms with Gasteiger partial charge < -0.3 is 5.11 Å². The van der Waals surface area contributed by atoms with Gasteiger partial charge >= 0.3 is 0 Å². The van der Waals surface area contributed by atoms with Crippen LogP contribution in [0.25, 0.3) is 0 Å². The van der Waals surface area contributed by atoms with Gasteiger partial charge in [-0.2, -0.15) is 0 Å². The summed E-state index contributed by atoms with van der Waals surface area (Å²) in [6.45, 7) is 11.0. The monoisotopic (exact) mass is 150 g/mol. The Morgan fingerprint density at radius 1 is 1.45 bits per heavy atom. The van der Waals surface area contributed by atoms with Gasteiger partial charge in [0.1, 0.15) is 6.10 Å². The predicted octanol–water partition coefficient (Wildman–Crippen LogP) is 1.75. The number of hydrogen-bond acceptors (Lipinski definition) is 1. The molecule has 1 unspecified atom stereocenters. The van der Waals surface area contributed by atoms with Gasteiger partial charge in [-0.25, -0.2) is 0 Å². The highest BCUT2D eigenvalue weighted by atomic mass is 16.3. The highest BCUT2D eigenvalue weighted by Crippen LogP contribution is 1.98. The van der Waals surface area contributed by atoms with Crippen LogP contribution in [0.15, 0.2) is 24.8 Å². The quantitative estimate of drug-likeness (QED) is 0.469. The van der Waals surface area contributed by atoms with Crippen LogP contribution in [-0.2, 0) is 0 Å². The zero-order valence-corrected chi connectivity index (χ0v) is 7.09. The second kappa shape index (κ2) is 4.76. The van der Waals surface area contributed by atoms with Gasteiger partial charge in [-0.3, -0.25) is 0 Å². The molecule has 1 heteroatoms. The lowest BCUT2D eigenvalue weighted by Gasteiger charge is -2.00. The van der Waals surface area contributed by atoms with Crippen molar-refractivity contribution in [1.82, 2.24) is 0 Å². The van der Waals surface area contributed by atoms with Crippen molar-refractivity contribution in [3.8, 4) is 11.8 Å². The Kier molecular flexibility index (Phi) is 4.33. The van der Waals surface area contributed by atoms with Gasteiger partial charge in [0, 0.05) is 5.92 Å². The zero-order valence-electron chi connectivity index (χ0n) is 7.09. The van der Waals surface area contributed by atoms with Crippen LogP contribution >= 0.6 is 0 Å². The molecule has 0 aromatic rings. The molecule has 0 saturated heterocycles. The fourth-order valence-corrected chi connectivity index (χ4v) is 0.450. The number of hydrogen-bond donors (Lipinski definition) is 1. The second-order valence-corrected chi connectivity index (χ2v) is 2.62. The van der Waals surface area contributed by atoms with E-state index in [1.54, 1.807) is 0 Å². The van der Waals surface area contributed by atoms with Gasteiger partial charge in [0.05, 0.1) is 0 Å². The fraction of sp³-hybridized carbons (Fsp3) is 0.400. The van der Waals surface area contributed by atoms with Gasteiger partial charge in [0.15, 0.2) is 0 Å². The molecular weight excluding hydrogens is 136 g/mol. The Bertz CT molecular complexity index is 203. The molecule has 60 valence electrons. The number of aliphatic hydroxyl groups is 1. The summed E-state index contributed by atoms with van der Waals surface area (Å²) in [5, 5.41) is 9.22. The summed E-state index contributed by atoms with van der Waals surface area (Å²) >= 11 is 0. The zero-order chi connectivity index (χ0) is 8.85. The van der Waals surface area contributed by atoms with Crippen molar-refractivity contribution in [1.29, 1.82) is 0 Å². The van der Waals surface area contributed by atoms with Crippen molar-refractivity contribution >= 4 is 0 Å². The maximum atomic E-state index is 9.22. The molecule has 0 radical (unpaired) electrons. The topological polar surface area (TPSA) is 20.2 Å². The third kappa shape index (κ3) is 4.41. The molecule has 1 N–H and O–H groups in total. The van der Waals surface area contributed by atoms with Gasteiger partial charge in [0.2, 0.25) is 0 Å². The van der Waals surface area contributed by atoms with Crippen LogP contribution in [0.2, 0.25) is 0 Å². The minimum Gasteiger partial charge on any atom is -0.376 e. The van der Waals surface area contributed by atoms with Gasteiger partial charge in [-0.1, -0.05) is 44.9 Å². The summed E-state index contributed by atoms with van der Waals surface area (Å²) in [7, 11) is 0. The van der Waals surface area contributed by atoms with E-state index in [9.17, 15) is 5.11 Å². The predicted molar refractivity (Wildman–Crippen MR) is 48.0 cm³/mol. The molecule has 0 aromatic heterocycles. The van der Waals surface area contributed by atoms with E-state index in [4.69, 9.17) is 0 Å². The Hall–Kier alpha value is -1.00. The SMILES string of the molecule is C=CC(=C)C(O)C#CC(C)C. The summed E-state index contributed by atoms with van der Waals surface area (Å²) in [4.78, 5) is 0. The lowest BCUT2D eigenvalue weighted by Crippen LogP contribution is -2.04. The molecule has 11 heavy (non-hydrogen) atoms. The second-order valence-electron chi connectivity index (χ2n) is 2.62. The van der Waals surface area contributed by atoms with E-state index in [2.05, 4.69) is 25.0 Å². The average Bonchev–Trinajstić information content (AvgIpc) is 1.98. The van der Waals surface area contributed by atoms with E-state index in [0.717, 1.165) is 0 Å². The van der Waals surface area contributed by atoms with E-state index >= 15 is 0 Å². The maximum Gasteiger partial charge on any atom is 0.139 e. The summed E-state index contributed by atoms with van der Waals surface area (Å²) < 4.78 is 0. The summed E-state index contributed by atoms with van der Waals surface area (Å²) in [6, 6.07) is 0. The van der Waals surface area contributed by atoms with Crippen LogP contribution in [0.1, 0.15) is 13.8 Å². The first-order valence-electron chi connectivity index (χ1n) is 3.58. The highest BCUT2D eigenvalue weighted by Gasteiger charge is 1.98. The molecule has 0 rings (SSSR count). The molecule has 0 saturated carbocycles. The lowest BCUT2D eigenvalue weighted by atomic mass is 10.1. The summed E-state index contributed by atoms with van der Waals surface area (Å²) in [6.07, 6.45) is 0.759. The molecule has 0 aliphatic rings. The van der Waals surface area contributed by atoms with Crippen molar-refractivity contribution in [2.45, 2.75) is 20.0 Å². The van der Waals surface area contributed by atoms with Crippen molar-refractivity contribution in [3.63, 3.8) is 0 Å². The molecule has 0 heterocycles. The van der Waals surface area contributed by atoms with E-state index in [1.807, 2.05) is 13.8 Å². The van der Waals surface area contributed by atoms with Gasteiger partial charge in [0.25, 0.3) is 0 Å². The Morgan fingerprint density at radius 2 is 2.00 bits per heavy atom. The van der Waals surface area contributed by atoms with Crippen LogP contribution in [0.4, 0.5) is 0 Å². The first-order chi connectivity index (χ1) is 5.07. The first-order valence-corrected chi connectivity index (χ1v) is 3.58. The summed E-state index contributed by atoms with van der Waals surface area (Å²) in [5.74, 6) is 5.80.